The summed E-state index contributed by atoms with van der Waals surface area (Å²) in [6.07, 6.45) is 8.48. The first kappa shape index (κ1) is 8.48. The lowest BCUT2D eigenvalue weighted by Crippen LogP contribution is -2.06. The van der Waals surface area contributed by atoms with E-state index in [1.165, 1.54) is 37.7 Å². The van der Waals surface area contributed by atoms with Gasteiger partial charge in [-0.15, -0.1) is 5.10 Å². The number of anilines is 1. The zero-order chi connectivity index (χ0) is 9.10. The Morgan fingerprint density at radius 3 is 2.69 bits per heavy atom. The standard InChI is InChI=1S/C10H15N3/c11-10-6-9(7-12-13-10)8-4-2-1-3-5-8/h6-8H,1-5H2,(H2,11,13). The summed E-state index contributed by atoms with van der Waals surface area (Å²) in [5.74, 6) is 1.22. The average molecular weight is 177 g/mol. The van der Waals surface area contributed by atoms with E-state index in [1.807, 2.05) is 12.3 Å². The smallest absolute Gasteiger partial charge is 0.146 e. The van der Waals surface area contributed by atoms with Gasteiger partial charge in [0.2, 0.25) is 0 Å². The molecule has 3 heteroatoms. The Morgan fingerprint density at radius 2 is 2.00 bits per heavy atom. The van der Waals surface area contributed by atoms with Gasteiger partial charge in [-0.25, -0.2) is 0 Å². The molecule has 0 unspecified atom stereocenters. The molecular formula is C10H15N3. The number of nitrogen functional groups attached to an aromatic ring is 1. The SMILES string of the molecule is Nc1cc(C2CCCCC2)cnn1. The van der Waals surface area contributed by atoms with Crippen LogP contribution in [-0.2, 0) is 0 Å². The number of hydrogen-bond acceptors (Lipinski definition) is 3. The van der Waals surface area contributed by atoms with Gasteiger partial charge in [0.05, 0.1) is 6.20 Å². The lowest BCUT2D eigenvalue weighted by Gasteiger charge is -2.21. The van der Waals surface area contributed by atoms with Gasteiger partial charge >= 0.3 is 0 Å². The van der Waals surface area contributed by atoms with E-state index in [0.717, 1.165) is 0 Å². The highest BCUT2D eigenvalue weighted by Crippen LogP contribution is 2.32. The number of aromatic nitrogens is 2. The molecule has 0 spiro atoms. The lowest BCUT2D eigenvalue weighted by atomic mass is 9.85. The molecular weight excluding hydrogens is 162 g/mol. The first-order valence-electron chi connectivity index (χ1n) is 4.94. The minimum Gasteiger partial charge on any atom is -0.382 e. The van der Waals surface area contributed by atoms with Crippen LogP contribution in [-0.4, -0.2) is 10.2 Å². The van der Waals surface area contributed by atoms with Crippen molar-refractivity contribution in [3.05, 3.63) is 17.8 Å². The summed E-state index contributed by atoms with van der Waals surface area (Å²) in [5.41, 5.74) is 6.86. The summed E-state index contributed by atoms with van der Waals surface area (Å²) in [5, 5.41) is 7.65. The fourth-order valence-electron chi connectivity index (χ4n) is 2.06. The van der Waals surface area contributed by atoms with E-state index in [9.17, 15) is 0 Å². The summed E-state index contributed by atoms with van der Waals surface area (Å²) in [6, 6.07) is 1.96. The number of hydrogen-bond donors (Lipinski definition) is 1. The van der Waals surface area contributed by atoms with Gasteiger partial charge in [-0.05, 0) is 30.4 Å². The van der Waals surface area contributed by atoms with Gasteiger partial charge in [-0.2, -0.15) is 5.10 Å². The second kappa shape index (κ2) is 3.73. The van der Waals surface area contributed by atoms with Crippen molar-refractivity contribution < 1.29 is 0 Å². The molecule has 0 radical (unpaired) electrons. The molecule has 1 aliphatic carbocycles. The molecule has 1 aromatic rings. The van der Waals surface area contributed by atoms with Gasteiger partial charge in [-0.1, -0.05) is 19.3 Å². The first-order valence-corrected chi connectivity index (χ1v) is 4.94. The third-order valence-electron chi connectivity index (χ3n) is 2.77. The average Bonchev–Trinajstić information content (AvgIpc) is 2.19. The van der Waals surface area contributed by atoms with Gasteiger partial charge in [0.25, 0.3) is 0 Å². The molecule has 0 aromatic carbocycles. The van der Waals surface area contributed by atoms with E-state index in [2.05, 4.69) is 10.2 Å². The van der Waals surface area contributed by atoms with Crippen LogP contribution in [0.25, 0.3) is 0 Å². The maximum Gasteiger partial charge on any atom is 0.146 e. The number of nitrogens with zero attached hydrogens (tertiary/aromatic N) is 2. The Morgan fingerprint density at radius 1 is 1.23 bits per heavy atom. The molecule has 3 nitrogen and oxygen atoms in total. The van der Waals surface area contributed by atoms with Crippen LogP contribution in [0.5, 0.6) is 0 Å². The molecule has 0 atom stereocenters. The zero-order valence-electron chi connectivity index (χ0n) is 7.74. The van der Waals surface area contributed by atoms with Gasteiger partial charge in [0.15, 0.2) is 0 Å². The van der Waals surface area contributed by atoms with E-state index in [1.54, 1.807) is 0 Å². The predicted molar refractivity (Wildman–Crippen MR) is 52.3 cm³/mol. The Labute approximate surface area is 78.4 Å². The third kappa shape index (κ3) is 1.97. The minimum absolute atomic E-state index is 0.545. The fourth-order valence-corrected chi connectivity index (χ4v) is 2.06. The Balaban J connectivity index is 2.14. The van der Waals surface area contributed by atoms with Crippen LogP contribution in [0.1, 0.15) is 43.6 Å². The molecule has 2 N–H and O–H groups in total. The van der Waals surface area contributed by atoms with E-state index in [4.69, 9.17) is 5.73 Å². The highest BCUT2D eigenvalue weighted by atomic mass is 15.1. The molecule has 0 aliphatic heterocycles. The molecule has 0 saturated heterocycles. The van der Waals surface area contributed by atoms with Crippen LogP contribution >= 0.6 is 0 Å². The topological polar surface area (TPSA) is 51.8 Å². The van der Waals surface area contributed by atoms with E-state index < -0.39 is 0 Å². The van der Waals surface area contributed by atoms with Crippen molar-refractivity contribution in [3.63, 3.8) is 0 Å². The molecule has 1 saturated carbocycles. The Bertz CT molecular complexity index is 279. The lowest BCUT2D eigenvalue weighted by molar-refractivity contribution is 0.442. The second-order valence-electron chi connectivity index (χ2n) is 3.75. The quantitative estimate of drug-likeness (QED) is 0.714. The summed E-state index contributed by atoms with van der Waals surface area (Å²) < 4.78 is 0. The maximum absolute atomic E-state index is 5.59. The van der Waals surface area contributed by atoms with Crippen LogP contribution in [0, 0.1) is 0 Å². The number of nitrogens with two attached hydrogens (primary N) is 1. The van der Waals surface area contributed by atoms with Crippen molar-refractivity contribution in [3.8, 4) is 0 Å². The van der Waals surface area contributed by atoms with Crippen molar-refractivity contribution in [2.75, 3.05) is 5.73 Å². The summed E-state index contributed by atoms with van der Waals surface area (Å²) >= 11 is 0. The van der Waals surface area contributed by atoms with Gasteiger partial charge in [-0.3, -0.25) is 0 Å². The van der Waals surface area contributed by atoms with Gasteiger partial charge in [0.1, 0.15) is 5.82 Å². The van der Waals surface area contributed by atoms with E-state index in [-0.39, 0.29) is 0 Å². The zero-order valence-corrected chi connectivity index (χ0v) is 7.74. The second-order valence-corrected chi connectivity index (χ2v) is 3.75. The molecule has 1 fully saturated rings. The largest absolute Gasteiger partial charge is 0.382 e. The number of rotatable bonds is 1. The highest BCUT2D eigenvalue weighted by Gasteiger charge is 2.15. The summed E-state index contributed by atoms with van der Waals surface area (Å²) in [4.78, 5) is 0. The Kier molecular flexibility index (Phi) is 2.43. The third-order valence-corrected chi connectivity index (χ3v) is 2.77. The molecule has 70 valence electrons. The molecule has 2 rings (SSSR count). The predicted octanol–water partition coefficient (Wildman–Crippen LogP) is 2.11. The fraction of sp³-hybridized carbons (Fsp3) is 0.600. The molecule has 0 amide bonds. The van der Waals surface area contributed by atoms with Crippen molar-refractivity contribution in [2.24, 2.45) is 0 Å². The van der Waals surface area contributed by atoms with Gasteiger partial charge in [0, 0.05) is 0 Å². The molecule has 1 aromatic heterocycles. The minimum atomic E-state index is 0.545. The normalized spacial score (nSPS) is 18.8. The van der Waals surface area contributed by atoms with Crippen molar-refractivity contribution >= 4 is 5.82 Å². The van der Waals surface area contributed by atoms with Crippen LogP contribution < -0.4 is 5.73 Å². The van der Waals surface area contributed by atoms with Crippen molar-refractivity contribution in [1.29, 1.82) is 0 Å². The molecule has 1 aliphatic rings. The van der Waals surface area contributed by atoms with Crippen LogP contribution in [0.4, 0.5) is 5.82 Å². The summed E-state index contributed by atoms with van der Waals surface area (Å²) in [6.45, 7) is 0. The van der Waals surface area contributed by atoms with E-state index in [0.29, 0.717) is 11.7 Å². The highest BCUT2D eigenvalue weighted by molar-refractivity contribution is 5.31. The van der Waals surface area contributed by atoms with Crippen LogP contribution in [0.2, 0.25) is 0 Å². The van der Waals surface area contributed by atoms with Gasteiger partial charge < -0.3 is 5.73 Å². The van der Waals surface area contributed by atoms with Crippen LogP contribution in [0.3, 0.4) is 0 Å². The maximum atomic E-state index is 5.59. The van der Waals surface area contributed by atoms with Crippen LogP contribution in [0.15, 0.2) is 12.3 Å². The van der Waals surface area contributed by atoms with Crippen molar-refractivity contribution in [2.45, 2.75) is 38.0 Å². The van der Waals surface area contributed by atoms with E-state index >= 15 is 0 Å². The molecule has 1 heterocycles. The first-order chi connectivity index (χ1) is 6.36. The van der Waals surface area contributed by atoms with Crippen molar-refractivity contribution in [1.82, 2.24) is 10.2 Å². The molecule has 13 heavy (non-hydrogen) atoms. The Hall–Kier alpha value is -1.12. The molecule has 0 bridgehead atoms. The summed E-state index contributed by atoms with van der Waals surface area (Å²) in [7, 11) is 0. The monoisotopic (exact) mass is 177 g/mol.